The van der Waals surface area contributed by atoms with Crippen LogP contribution in [0.5, 0.6) is 0 Å². The summed E-state index contributed by atoms with van der Waals surface area (Å²) in [7, 11) is 0. The molecule has 82 valence electrons. The Morgan fingerprint density at radius 2 is 1.93 bits per heavy atom. The molecule has 1 aliphatic rings. The van der Waals surface area contributed by atoms with E-state index in [2.05, 4.69) is 51.1 Å². The smallest absolute Gasteiger partial charge is 0.0490 e. The van der Waals surface area contributed by atoms with Gasteiger partial charge in [0, 0.05) is 6.61 Å². The van der Waals surface area contributed by atoms with Crippen molar-refractivity contribution >= 4 is 0 Å². The van der Waals surface area contributed by atoms with Gasteiger partial charge in [0.25, 0.3) is 0 Å². The minimum absolute atomic E-state index is 0.148. The van der Waals surface area contributed by atoms with E-state index < -0.39 is 0 Å². The second kappa shape index (κ2) is 3.64. The van der Waals surface area contributed by atoms with E-state index in [-0.39, 0.29) is 5.41 Å². The van der Waals surface area contributed by atoms with Crippen LogP contribution in [0.4, 0.5) is 0 Å². The Balaban J connectivity index is 2.15. The van der Waals surface area contributed by atoms with Crippen molar-refractivity contribution in [3.63, 3.8) is 0 Å². The molecule has 15 heavy (non-hydrogen) atoms. The van der Waals surface area contributed by atoms with Gasteiger partial charge in [0.05, 0.1) is 0 Å². The topological polar surface area (TPSA) is 20.2 Å². The average molecular weight is 204 g/mol. The first-order chi connectivity index (χ1) is 7.11. The summed E-state index contributed by atoms with van der Waals surface area (Å²) in [5.41, 5.74) is 1.54. The molecule has 0 amide bonds. The van der Waals surface area contributed by atoms with Crippen molar-refractivity contribution in [3.8, 4) is 0 Å². The van der Waals surface area contributed by atoms with Crippen LogP contribution in [0.3, 0.4) is 0 Å². The number of rotatable bonds is 3. The van der Waals surface area contributed by atoms with E-state index in [1.54, 1.807) is 0 Å². The predicted molar refractivity (Wildman–Crippen MR) is 62.7 cm³/mol. The average Bonchev–Trinajstić information content (AvgIpc) is 2.83. The monoisotopic (exact) mass is 204 g/mol. The van der Waals surface area contributed by atoms with E-state index in [0.29, 0.717) is 24.4 Å². The summed E-state index contributed by atoms with van der Waals surface area (Å²) < 4.78 is 0. The lowest BCUT2D eigenvalue weighted by atomic mass is 9.91. The fourth-order valence-electron chi connectivity index (χ4n) is 3.06. The molecule has 0 spiro atoms. The van der Waals surface area contributed by atoms with Crippen molar-refractivity contribution < 1.29 is 5.11 Å². The minimum Gasteiger partial charge on any atom is -0.396 e. The van der Waals surface area contributed by atoms with Gasteiger partial charge < -0.3 is 5.11 Å². The van der Waals surface area contributed by atoms with Crippen LogP contribution in [-0.2, 0) is 0 Å². The minimum atomic E-state index is 0.148. The van der Waals surface area contributed by atoms with Gasteiger partial charge >= 0.3 is 0 Å². The van der Waals surface area contributed by atoms with Gasteiger partial charge in [-0.2, -0.15) is 0 Å². The molecule has 1 aromatic carbocycles. The number of aliphatic hydroxyl groups excluding tert-OH is 1. The Kier molecular flexibility index (Phi) is 2.59. The molecule has 0 aliphatic heterocycles. The third-order valence-electron chi connectivity index (χ3n) is 4.44. The molecule has 0 aromatic heterocycles. The van der Waals surface area contributed by atoms with Gasteiger partial charge in [0.2, 0.25) is 0 Å². The Hall–Kier alpha value is -0.820. The first-order valence-corrected chi connectivity index (χ1v) is 5.77. The largest absolute Gasteiger partial charge is 0.396 e. The Labute approximate surface area is 92.1 Å². The highest BCUT2D eigenvalue weighted by Gasteiger charge is 2.59. The van der Waals surface area contributed by atoms with Crippen LogP contribution in [0.1, 0.15) is 32.3 Å². The molecule has 0 radical (unpaired) electrons. The third kappa shape index (κ3) is 1.59. The number of benzene rings is 1. The first-order valence-electron chi connectivity index (χ1n) is 5.77. The zero-order chi connectivity index (χ0) is 11.1. The van der Waals surface area contributed by atoms with Crippen molar-refractivity contribution in [3.05, 3.63) is 35.9 Å². The lowest BCUT2D eigenvalue weighted by Crippen LogP contribution is -2.08. The lowest BCUT2D eigenvalue weighted by molar-refractivity contribution is 0.201. The Morgan fingerprint density at radius 3 is 2.40 bits per heavy atom. The SMILES string of the molecule is C[C@@H](c1ccccc1)[C@@H]1[C@H](C)[C@]1(C)CO. The van der Waals surface area contributed by atoms with E-state index in [4.69, 9.17) is 0 Å². The maximum atomic E-state index is 9.40. The molecular weight excluding hydrogens is 184 g/mol. The Bertz CT molecular complexity index is 332. The molecule has 1 nitrogen and oxygen atoms in total. The number of hydrogen-bond donors (Lipinski definition) is 1. The first kappa shape index (κ1) is 10.7. The third-order valence-corrected chi connectivity index (χ3v) is 4.44. The summed E-state index contributed by atoms with van der Waals surface area (Å²) in [6.45, 7) is 7.04. The fourth-order valence-corrected chi connectivity index (χ4v) is 3.06. The standard InChI is InChI=1S/C14H20O/c1-10(12-7-5-4-6-8-12)13-11(2)14(13,3)9-15/h4-8,10-11,13,15H,9H2,1-3H3/t10-,11-,13+,14-/m0/s1. The van der Waals surface area contributed by atoms with Crippen molar-refractivity contribution in [1.29, 1.82) is 0 Å². The van der Waals surface area contributed by atoms with E-state index in [9.17, 15) is 5.11 Å². The molecule has 0 heterocycles. The summed E-state index contributed by atoms with van der Waals surface area (Å²) in [6.07, 6.45) is 0. The highest BCUT2D eigenvalue weighted by molar-refractivity contribution is 5.24. The van der Waals surface area contributed by atoms with Gasteiger partial charge in [-0.05, 0) is 28.7 Å². The van der Waals surface area contributed by atoms with Crippen molar-refractivity contribution in [2.45, 2.75) is 26.7 Å². The molecular formula is C14H20O. The maximum absolute atomic E-state index is 9.40. The zero-order valence-corrected chi connectivity index (χ0v) is 9.77. The molecule has 1 N–H and O–H groups in total. The summed E-state index contributed by atoms with van der Waals surface area (Å²) in [4.78, 5) is 0. The van der Waals surface area contributed by atoms with E-state index in [1.165, 1.54) is 5.56 Å². The van der Waals surface area contributed by atoms with Gasteiger partial charge in [0.15, 0.2) is 0 Å². The lowest BCUT2D eigenvalue weighted by Gasteiger charge is -2.14. The summed E-state index contributed by atoms with van der Waals surface area (Å²) >= 11 is 0. The van der Waals surface area contributed by atoms with Gasteiger partial charge in [-0.3, -0.25) is 0 Å². The predicted octanol–water partition coefficient (Wildman–Crippen LogP) is 3.05. The van der Waals surface area contributed by atoms with Crippen LogP contribution >= 0.6 is 0 Å². The van der Waals surface area contributed by atoms with Crippen LogP contribution in [0.15, 0.2) is 30.3 Å². The molecule has 0 bridgehead atoms. The van der Waals surface area contributed by atoms with Crippen LogP contribution < -0.4 is 0 Å². The molecule has 1 saturated carbocycles. The Morgan fingerprint density at radius 1 is 1.33 bits per heavy atom. The quantitative estimate of drug-likeness (QED) is 0.802. The normalized spacial score (nSPS) is 36.3. The van der Waals surface area contributed by atoms with Gasteiger partial charge in [0.1, 0.15) is 0 Å². The van der Waals surface area contributed by atoms with Crippen molar-refractivity contribution in [1.82, 2.24) is 0 Å². The fraction of sp³-hybridized carbons (Fsp3) is 0.571. The molecule has 0 saturated heterocycles. The van der Waals surface area contributed by atoms with E-state index in [0.717, 1.165) is 0 Å². The summed E-state index contributed by atoms with van der Waals surface area (Å²) in [5.74, 6) is 1.82. The summed E-state index contributed by atoms with van der Waals surface area (Å²) in [5, 5.41) is 9.40. The van der Waals surface area contributed by atoms with Gasteiger partial charge in [-0.1, -0.05) is 51.1 Å². The van der Waals surface area contributed by atoms with Crippen LogP contribution in [0.2, 0.25) is 0 Å². The highest BCUT2D eigenvalue weighted by atomic mass is 16.3. The van der Waals surface area contributed by atoms with E-state index in [1.807, 2.05) is 0 Å². The van der Waals surface area contributed by atoms with Crippen LogP contribution in [0, 0.1) is 17.3 Å². The zero-order valence-electron chi connectivity index (χ0n) is 9.77. The molecule has 1 aliphatic carbocycles. The van der Waals surface area contributed by atoms with Gasteiger partial charge in [-0.25, -0.2) is 0 Å². The highest BCUT2D eigenvalue weighted by Crippen LogP contribution is 2.63. The molecule has 1 heteroatoms. The van der Waals surface area contributed by atoms with Crippen molar-refractivity contribution in [2.75, 3.05) is 6.61 Å². The summed E-state index contributed by atoms with van der Waals surface area (Å²) in [6, 6.07) is 10.6. The molecule has 0 unspecified atom stereocenters. The second-order valence-electron chi connectivity index (χ2n) is 5.18. The number of hydrogen-bond acceptors (Lipinski definition) is 1. The van der Waals surface area contributed by atoms with E-state index >= 15 is 0 Å². The maximum Gasteiger partial charge on any atom is 0.0490 e. The molecule has 4 atom stereocenters. The molecule has 1 aromatic rings. The van der Waals surface area contributed by atoms with Crippen molar-refractivity contribution in [2.24, 2.45) is 17.3 Å². The van der Waals surface area contributed by atoms with Crippen LogP contribution in [-0.4, -0.2) is 11.7 Å². The van der Waals surface area contributed by atoms with Gasteiger partial charge in [-0.15, -0.1) is 0 Å². The molecule has 2 rings (SSSR count). The number of aliphatic hydroxyl groups is 1. The molecule has 1 fully saturated rings. The second-order valence-corrected chi connectivity index (χ2v) is 5.18. The van der Waals surface area contributed by atoms with Crippen LogP contribution in [0.25, 0.3) is 0 Å².